The molecule has 0 aromatic heterocycles. The van der Waals surface area contributed by atoms with Crippen molar-refractivity contribution in [3.05, 3.63) is 35.9 Å². The van der Waals surface area contributed by atoms with Gasteiger partial charge in [-0.3, -0.25) is 0 Å². The molecular weight excluding hydrogens is 445 g/mol. The van der Waals surface area contributed by atoms with E-state index < -0.39 is 0 Å². The first kappa shape index (κ1) is 35.6. The normalized spacial score (nSPS) is 12.2. The second-order valence-corrected chi connectivity index (χ2v) is 9.13. The van der Waals surface area contributed by atoms with Crippen LogP contribution < -0.4 is 42.5 Å². The van der Waals surface area contributed by atoms with E-state index >= 15 is 0 Å². The Morgan fingerprint density at radius 1 is 0.581 bits per heavy atom. The Hall–Kier alpha value is 0.0500. The van der Waals surface area contributed by atoms with E-state index in [1.54, 1.807) is 0 Å². The molecule has 0 saturated heterocycles. The molecule has 0 spiro atoms. The highest BCUT2D eigenvalue weighted by atomic mass is 35.5. The van der Waals surface area contributed by atoms with Crippen LogP contribution in [0, 0.1) is 0 Å². The molecular formula is C27H50Cl3N-2. The molecule has 0 bridgehead atoms. The van der Waals surface area contributed by atoms with Crippen LogP contribution in [0.5, 0.6) is 0 Å². The molecule has 1 nitrogen and oxygen atoms in total. The van der Waals surface area contributed by atoms with Gasteiger partial charge in [0.1, 0.15) is 5.54 Å². The van der Waals surface area contributed by atoms with Gasteiger partial charge in [0.2, 0.25) is 0 Å². The lowest BCUT2D eigenvalue weighted by Crippen LogP contribution is -3.00. The number of hydrogen-bond acceptors (Lipinski definition) is 0. The van der Waals surface area contributed by atoms with Crippen molar-refractivity contribution in [2.75, 3.05) is 7.05 Å². The third-order valence-electron chi connectivity index (χ3n) is 6.62. The summed E-state index contributed by atoms with van der Waals surface area (Å²) in [5.41, 5.74) is 1.72. The zero-order valence-corrected chi connectivity index (χ0v) is 22.9. The molecule has 0 aliphatic rings. The summed E-state index contributed by atoms with van der Waals surface area (Å²) < 4.78 is 0. The maximum atomic E-state index is 2.40. The highest BCUT2D eigenvalue weighted by Crippen LogP contribution is 2.23. The fraction of sp³-hybridized carbons (Fsp3) is 0.778. The Bertz CT molecular complexity index is 455. The van der Waals surface area contributed by atoms with Crippen LogP contribution in [-0.4, -0.2) is 7.05 Å². The summed E-state index contributed by atoms with van der Waals surface area (Å²) in [6.45, 7) is 4.69. The van der Waals surface area contributed by atoms with E-state index in [1.165, 1.54) is 115 Å². The summed E-state index contributed by atoms with van der Waals surface area (Å²) >= 11 is 0. The number of hydrogen-bond donors (Lipinski definition) is 1. The highest BCUT2D eigenvalue weighted by molar-refractivity contribution is 5.20. The van der Waals surface area contributed by atoms with Gasteiger partial charge in [-0.2, -0.15) is 0 Å². The van der Waals surface area contributed by atoms with E-state index in [0.717, 1.165) is 0 Å². The number of quaternary nitrogens is 1. The van der Waals surface area contributed by atoms with E-state index in [-0.39, 0.29) is 42.8 Å². The molecule has 1 aromatic carbocycles. The minimum absolute atomic E-state index is 0. The number of benzene rings is 1. The lowest BCUT2D eigenvalue weighted by molar-refractivity contribution is -0.710. The van der Waals surface area contributed by atoms with Crippen LogP contribution in [0.25, 0.3) is 0 Å². The van der Waals surface area contributed by atoms with Crippen LogP contribution in [0.3, 0.4) is 0 Å². The van der Waals surface area contributed by atoms with Gasteiger partial charge in [0, 0.05) is 12.0 Å². The van der Waals surface area contributed by atoms with Crippen molar-refractivity contribution >= 4 is 0 Å². The SMILES string of the molecule is CCCCCCCCCCCCCCCCCCC(C)([NH2+]C)c1ccccc1.[Cl-].[Cl-].[Cl-]. The van der Waals surface area contributed by atoms with E-state index in [2.05, 4.69) is 56.5 Å². The molecule has 0 heterocycles. The van der Waals surface area contributed by atoms with Crippen LogP contribution >= 0.6 is 0 Å². The second kappa shape index (κ2) is 24.7. The topological polar surface area (TPSA) is 16.6 Å². The molecule has 0 aliphatic heterocycles. The predicted octanol–water partition coefficient (Wildman–Crippen LogP) is -1.24. The molecule has 0 saturated carbocycles. The van der Waals surface area contributed by atoms with Gasteiger partial charge in [-0.25, -0.2) is 0 Å². The monoisotopic (exact) mass is 493 g/mol. The van der Waals surface area contributed by atoms with E-state index in [1.807, 2.05) is 0 Å². The maximum Gasteiger partial charge on any atom is 0.119 e. The van der Waals surface area contributed by atoms with Gasteiger partial charge in [0.25, 0.3) is 0 Å². The number of halogens is 3. The molecule has 0 amide bonds. The summed E-state index contributed by atoms with van der Waals surface area (Å²) in [6.07, 6.45) is 24.4. The van der Waals surface area contributed by atoms with E-state index in [4.69, 9.17) is 0 Å². The quantitative estimate of drug-likeness (QED) is 0.232. The average molecular weight is 495 g/mol. The number of rotatable bonds is 19. The summed E-state index contributed by atoms with van der Waals surface area (Å²) in [7, 11) is 2.22. The van der Waals surface area contributed by atoms with Gasteiger partial charge < -0.3 is 42.5 Å². The molecule has 186 valence electrons. The van der Waals surface area contributed by atoms with Gasteiger partial charge in [-0.05, 0) is 13.3 Å². The van der Waals surface area contributed by atoms with Crippen molar-refractivity contribution in [1.82, 2.24) is 0 Å². The van der Waals surface area contributed by atoms with Crippen molar-refractivity contribution in [1.29, 1.82) is 0 Å². The minimum Gasteiger partial charge on any atom is -1.00 e. The second-order valence-electron chi connectivity index (χ2n) is 9.13. The fourth-order valence-corrected chi connectivity index (χ4v) is 4.31. The predicted molar refractivity (Wildman–Crippen MR) is 126 cm³/mol. The van der Waals surface area contributed by atoms with Crippen LogP contribution in [0.2, 0.25) is 0 Å². The van der Waals surface area contributed by atoms with Crippen molar-refractivity contribution in [2.45, 2.75) is 129 Å². The Labute approximate surface area is 213 Å². The smallest absolute Gasteiger partial charge is 0.119 e. The fourth-order valence-electron chi connectivity index (χ4n) is 4.31. The summed E-state index contributed by atoms with van der Waals surface area (Å²) in [5, 5.41) is 2.40. The Kier molecular flexibility index (Phi) is 28.4. The third-order valence-corrected chi connectivity index (χ3v) is 6.62. The van der Waals surface area contributed by atoms with Gasteiger partial charge in [-0.15, -0.1) is 0 Å². The van der Waals surface area contributed by atoms with Gasteiger partial charge in [0.05, 0.1) is 7.05 Å². The molecule has 31 heavy (non-hydrogen) atoms. The van der Waals surface area contributed by atoms with Crippen LogP contribution in [0.4, 0.5) is 0 Å². The Morgan fingerprint density at radius 2 is 0.935 bits per heavy atom. The molecule has 1 unspecified atom stereocenters. The number of unbranched alkanes of at least 4 members (excludes halogenated alkanes) is 15. The van der Waals surface area contributed by atoms with E-state index in [9.17, 15) is 0 Å². The Balaban J connectivity index is -0.00000261. The van der Waals surface area contributed by atoms with Crippen molar-refractivity contribution in [2.24, 2.45) is 0 Å². The molecule has 1 aromatic rings. The molecule has 0 fully saturated rings. The molecule has 0 aliphatic carbocycles. The van der Waals surface area contributed by atoms with Gasteiger partial charge in [-0.1, -0.05) is 134 Å². The standard InChI is InChI=1S/C27H49N.3ClH/c1-4-5-6-7-8-9-10-11-12-13-14-15-16-17-18-22-25-27(2,28-3)26-23-20-19-21-24-26;;;/h19-21,23-24,28H,4-18,22,25H2,1-3H3;3*1H/p-2. The molecule has 4 heteroatoms. The zero-order valence-electron chi connectivity index (χ0n) is 20.6. The molecule has 1 rings (SSSR count). The lowest BCUT2D eigenvalue weighted by atomic mass is 9.86. The molecule has 1 atom stereocenters. The first-order valence-electron chi connectivity index (χ1n) is 12.6. The Morgan fingerprint density at radius 3 is 1.29 bits per heavy atom. The van der Waals surface area contributed by atoms with Crippen LogP contribution in [-0.2, 0) is 5.54 Å². The van der Waals surface area contributed by atoms with Crippen LogP contribution in [0.15, 0.2) is 30.3 Å². The first-order valence-corrected chi connectivity index (χ1v) is 12.6. The average Bonchev–Trinajstić information content (AvgIpc) is 2.74. The van der Waals surface area contributed by atoms with Crippen molar-refractivity contribution in [3.8, 4) is 0 Å². The summed E-state index contributed by atoms with van der Waals surface area (Å²) in [6, 6.07) is 11.0. The first-order chi connectivity index (χ1) is 13.7. The summed E-state index contributed by atoms with van der Waals surface area (Å²) in [4.78, 5) is 0. The largest absolute Gasteiger partial charge is 1.00 e. The van der Waals surface area contributed by atoms with Gasteiger partial charge in [0.15, 0.2) is 0 Å². The zero-order chi connectivity index (χ0) is 20.3. The van der Waals surface area contributed by atoms with Crippen molar-refractivity contribution < 1.29 is 42.5 Å². The molecule has 2 N–H and O–H groups in total. The van der Waals surface area contributed by atoms with Crippen LogP contribution in [0.1, 0.15) is 129 Å². The minimum atomic E-state index is 0. The third kappa shape index (κ3) is 18.2. The molecule has 0 radical (unpaired) electrons. The van der Waals surface area contributed by atoms with Crippen molar-refractivity contribution in [3.63, 3.8) is 0 Å². The van der Waals surface area contributed by atoms with E-state index in [0.29, 0.717) is 0 Å². The summed E-state index contributed by atoms with van der Waals surface area (Å²) in [5.74, 6) is 0. The lowest BCUT2D eigenvalue weighted by Gasteiger charge is -2.26. The highest BCUT2D eigenvalue weighted by Gasteiger charge is 2.27. The maximum absolute atomic E-state index is 2.40. The number of nitrogens with two attached hydrogens (primary N) is 1. The van der Waals surface area contributed by atoms with Gasteiger partial charge >= 0.3 is 0 Å².